The molecule has 1 amide bonds. The number of amides is 1. The van der Waals surface area contributed by atoms with E-state index in [9.17, 15) is 4.79 Å². The summed E-state index contributed by atoms with van der Waals surface area (Å²) in [7, 11) is 2.16. The predicted octanol–water partition coefficient (Wildman–Crippen LogP) is 3.11. The Morgan fingerprint density at radius 1 is 1.24 bits per heavy atom. The van der Waals surface area contributed by atoms with Crippen LogP contribution < -0.4 is 10.6 Å². The number of thiazole rings is 1. The molecule has 1 aromatic carbocycles. The van der Waals surface area contributed by atoms with Crippen molar-refractivity contribution >= 4 is 32.6 Å². The average molecular weight is 359 g/mol. The van der Waals surface area contributed by atoms with E-state index in [-0.39, 0.29) is 5.91 Å². The van der Waals surface area contributed by atoms with E-state index >= 15 is 0 Å². The molecule has 0 unspecified atom stereocenters. The van der Waals surface area contributed by atoms with Crippen molar-refractivity contribution in [1.29, 1.82) is 0 Å². The van der Waals surface area contributed by atoms with Crippen LogP contribution in [0.3, 0.4) is 0 Å². The van der Waals surface area contributed by atoms with Crippen molar-refractivity contribution in [2.75, 3.05) is 38.1 Å². The molecule has 1 aliphatic carbocycles. The smallest absolute Gasteiger partial charge is 0.249 e. The van der Waals surface area contributed by atoms with Gasteiger partial charge in [0.05, 0.1) is 10.2 Å². The molecule has 1 aliphatic heterocycles. The zero-order valence-electron chi connectivity index (χ0n) is 15.0. The number of fused-ring (bicyclic) bond motifs is 1. The number of aromatic nitrogens is 1. The van der Waals surface area contributed by atoms with E-state index in [1.54, 1.807) is 11.3 Å². The second-order valence-electron chi connectivity index (χ2n) is 7.44. The number of hydrogen-bond acceptors (Lipinski definition) is 5. The maximum atomic E-state index is 12.1. The lowest BCUT2D eigenvalue weighted by Crippen LogP contribution is -2.44. The molecular weight excluding hydrogens is 332 g/mol. The first-order chi connectivity index (χ1) is 12.0. The number of hydrogen-bond donors (Lipinski definition) is 1. The van der Waals surface area contributed by atoms with E-state index in [2.05, 4.69) is 23.8 Å². The van der Waals surface area contributed by atoms with Gasteiger partial charge in [-0.3, -0.25) is 4.79 Å². The van der Waals surface area contributed by atoms with Gasteiger partial charge in [-0.25, -0.2) is 4.98 Å². The largest absolute Gasteiger partial charge is 0.366 e. The quantitative estimate of drug-likeness (QED) is 0.916. The number of carbonyl (C=O) groups excluding carboxylic acids is 1. The van der Waals surface area contributed by atoms with Gasteiger partial charge in [0.25, 0.3) is 0 Å². The van der Waals surface area contributed by atoms with Crippen LogP contribution in [0.15, 0.2) is 6.07 Å². The Kier molecular flexibility index (Phi) is 4.41. The number of rotatable bonds is 3. The Hall–Kier alpha value is -1.66. The fourth-order valence-electron chi connectivity index (χ4n) is 4.30. The van der Waals surface area contributed by atoms with Crippen LogP contribution in [0, 0.1) is 6.92 Å². The number of piperazine rings is 1. The van der Waals surface area contributed by atoms with Gasteiger partial charge >= 0.3 is 0 Å². The first kappa shape index (κ1) is 16.8. The summed E-state index contributed by atoms with van der Waals surface area (Å²) in [5.74, 6) is 0.155. The van der Waals surface area contributed by atoms with Crippen LogP contribution in [0.25, 0.3) is 10.2 Å². The number of nitrogens with zero attached hydrogens (tertiary/aromatic N) is 3. The van der Waals surface area contributed by atoms with Gasteiger partial charge in [0.2, 0.25) is 5.91 Å². The highest BCUT2D eigenvalue weighted by molar-refractivity contribution is 7.22. The fraction of sp³-hybridized carbons (Fsp3) is 0.579. The highest BCUT2D eigenvalue weighted by Gasteiger charge is 2.27. The summed E-state index contributed by atoms with van der Waals surface area (Å²) >= 11 is 1.69. The summed E-state index contributed by atoms with van der Waals surface area (Å²) in [5.41, 5.74) is 9.83. The normalized spacial score (nSPS) is 19.8. The summed E-state index contributed by atoms with van der Waals surface area (Å²) in [5, 5.41) is 1.07. The third-order valence-electron chi connectivity index (χ3n) is 5.77. The van der Waals surface area contributed by atoms with Gasteiger partial charge in [0, 0.05) is 31.7 Å². The zero-order valence-corrected chi connectivity index (χ0v) is 15.9. The summed E-state index contributed by atoms with van der Waals surface area (Å²) in [6.07, 6.45) is 4.79. The minimum atomic E-state index is -0.304. The molecule has 2 heterocycles. The monoisotopic (exact) mass is 358 g/mol. The molecule has 25 heavy (non-hydrogen) atoms. The van der Waals surface area contributed by atoms with Crippen molar-refractivity contribution in [1.82, 2.24) is 9.88 Å². The molecule has 0 atom stereocenters. The van der Waals surface area contributed by atoms with Crippen molar-refractivity contribution in [3.05, 3.63) is 22.8 Å². The number of anilines is 1. The van der Waals surface area contributed by atoms with E-state index in [0.29, 0.717) is 11.5 Å². The van der Waals surface area contributed by atoms with E-state index in [4.69, 9.17) is 10.7 Å². The minimum Gasteiger partial charge on any atom is -0.366 e. The van der Waals surface area contributed by atoms with Crippen LogP contribution >= 0.6 is 11.3 Å². The van der Waals surface area contributed by atoms with Gasteiger partial charge in [-0.05, 0) is 49.9 Å². The molecule has 6 heteroatoms. The molecule has 5 nitrogen and oxygen atoms in total. The molecule has 1 saturated heterocycles. The highest BCUT2D eigenvalue weighted by Crippen LogP contribution is 2.42. The molecule has 2 N–H and O–H groups in total. The van der Waals surface area contributed by atoms with Crippen molar-refractivity contribution in [2.24, 2.45) is 5.73 Å². The standard InChI is InChI=1S/C19H26N4OS/c1-12-16(13-5-3-4-6-13)14(18(20)24)11-15-17(12)21-19(25-15)23-9-7-22(2)8-10-23/h11,13H,3-10H2,1-2H3,(H2,20,24). The van der Waals surface area contributed by atoms with Gasteiger partial charge in [0.15, 0.2) is 5.13 Å². The van der Waals surface area contributed by atoms with Crippen LogP contribution in [-0.2, 0) is 0 Å². The summed E-state index contributed by atoms with van der Waals surface area (Å²) in [6.45, 7) is 6.26. The second kappa shape index (κ2) is 6.57. The third kappa shape index (κ3) is 3.02. The Labute approximate surface area is 152 Å². The summed E-state index contributed by atoms with van der Waals surface area (Å²) < 4.78 is 1.09. The number of likely N-dealkylation sites (N-methyl/N-ethyl adjacent to an activating group) is 1. The van der Waals surface area contributed by atoms with Gasteiger partial charge in [-0.1, -0.05) is 24.2 Å². The molecule has 0 spiro atoms. The number of nitrogens with two attached hydrogens (primary N) is 1. The first-order valence-corrected chi connectivity index (χ1v) is 10.0. The topological polar surface area (TPSA) is 62.5 Å². The molecule has 1 saturated carbocycles. The molecule has 0 bridgehead atoms. The van der Waals surface area contributed by atoms with Crippen LogP contribution in [0.5, 0.6) is 0 Å². The van der Waals surface area contributed by atoms with Crippen LogP contribution in [0.4, 0.5) is 5.13 Å². The number of benzene rings is 1. The van der Waals surface area contributed by atoms with Gasteiger partial charge in [-0.2, -0.15) is 0 Å². The molecule has 2 fully saturated rings. The predicted molar refractivity (Wildman–Crippen MR) is 104 cm³/mol. The number of primary amides is 1. The molecule has 2 aliphatic rings. The molecule has 0 radical (unpaired) electrons. The van der Waals surface area contributed by atoms with Gasteiger partial charge in [0.1, 0.15) is 0 Å². The van der Waals surface area contributed by atoms with Crippen LogP contribution in [0.2, 0.25) is 0 Å². The van der Waals surface area contributed by atoms with Crippen LogP contribution in [0.1, 0.15) is 53.1 Å². The van der Waals surface area contributed by atoms with E-state index in [1.807, 2.05) is 6.07 Å². The van der Waals surface area contributed by atoms with Crippen molar-refractivity contribution < 1.29 is 4.79 Å². The summed E-state index contributed by atoms with van der Waals surface area (Å²) in [6, 6.07) is 2.00. The highest BCUT2D eigenvalue weighted by atomic mass is 32.1. The molecular formula is C19H26N4OS. The minimum absolute atomic E-state index is 0.304. The van der Waals surface area contributed by atoms with E-state index in [0.717, 1.165) is 65.5 Å². The van der Waals surface area contributed by atoms with E-state index in [1.165, 1.54) is 12.8 Å². The fourth-order valence-corrected chi connectivity index (χ4v) is 5.42. The van der Waals surface area contributed by atoms with Gasteiger partial charge in [-0.15, -0.1) is 0 Å². The molecule has 1 aromatic heterocycles. The maximum Gasteiger partial charge on any atom is 0.249 e. The second-order valence-corrected chi connectivity index (χ2v) is 8.45. The third-order valence-corrected chi connectivity index (χ3v) is 6.83. The van der Waals surface area contributed by atoms with Crippen LogP contribution in [-0.4, -0.2) is 49.0 Å². The molecule has 4 rings (SSSR count). The Morgan fingerprint density at radius 2 is 1.92 bits per heavy atom. The van der Waals surface area contributed by atoms with Crippen molar-refractivity contribution in [3.8, 4) is 0 Å². The lowest BCUT2D eigenvalue weighted by Gasteiger charge is -2.32. The Balaban J connectivity index is 1.79. The van der Waals surface area contributed by atoms with Gasteiger partial charge < -0.3 is 15.5 Å². The zero-order chi connectivity index (χ0) is 17.6. The van der Waals surface area contributed by atoms with Crippen molar-refractivity contribution in [2.45, 2.75) is 38.5 Å². The van der Waals surface area contributed by atoms with Crippen molar-refractivity contribution in [3.63, 3.8) is 0 Å². The average Bonchev–Trinajstić information content (AvgIpc) is 3.24. The summed E-state index contributed by atoms with van der Waals surface area (Å²) in [4.78, 5) is 21.8. The molecule has 134 valence electrons. The first-order valence-electron chi connectivity index (χ1n) is 9.22. The lowest BCUT2D eigenvalue weighted by atomic mass is 9.88. The Bertz CT molecular complexity index is 801. The molecule has 2 aromatic rings. The Morgan fingerprint density at radius 3 is 2.56 bits per heavy atom. The lowest BCUT2D eigenvalue weighted by molar-refractivity contribution is 0.0999. The number of carbonyl (C=O) groups is 1. The maximum absolute atomic E-state index is 12.1. The van der Waals surface area contributed by atoms with E-state index < -0.39 is 0 Å². The SMILES string of the molecule is Cc1c(C2CCCC2)c(C(N)=O)cc2sc(N3CCN(C)CC3)nc12. The number of aryl methyl sites for hydroxylation is 1.